The molecule has 0 saturated heterocycles. The van der Waals surface area contributed by atoms with E-state index in [2.05, 4.69) is 15.0 Å². The van der Waals surface area contributed by atoms with Gasteiger partial charge in [0.05, 0.1) is 33.8 Å². The zero-order valence-corrected chi connectivity index (χ0v) is 30.9. The molecule has 0 aliphatic carbocycles. The van der Waals surface area contributed by atoms with E-state index in [1.165, 1.54) is 6.07 Å². The zero-order valence-electron chi connectivity index (χ0n) is 29.2. The summed E-state index contributed by atoms with van der Waals surface area (Å²) in [6.45, 7) is 0. The fraction of sp³-hybridized carbons (Fsp3) is 0. The minimum absolute atomic E-state index is 0.154. The number of hydrogen-bond acceptors (Lipinski definition) is 6. The molecule has 3 aromatic heterocycles. The van der Waals surface area contributed by atoms with Crippen LogP contribution in [0, 0.1) is 0 Å². The first-order valence-corrected chi connectivity index (χ1v) is 20.3. The molecule has 9 rings (SSSR count). The van der Waals surface area contributed by atoms with Gasteiger partial charge in [-0.1, -0.05) is 121 Å². The number of benzene rings is 4. The first-order valence-electron chi connectivity index (χ1n) is 17.5. The fourth-order valence-electron chi connectivity index (χ4n) is 7.39. The standard InChI is InChI=1S/C44H30N4O6S2/c49-55(50,51)43-35-26-33-22-21-31(45-33)25-32-23-24-34(46-32)36(27-13-5-1-6-14-27)40-37(28-15-7-2-8-16-28)38(29-17-9-3-10-18-29)41(48-40)39(30-19-11-4-12-20-30)42(47-35)44(43)56(52,53)54/h1-26,46-47H,(H,49,50,51)(H,52,53,54). The third-order valence-corrected chi connectivity index (χ3v) is 11.6. The highest BCUT2D eigenvalue weighted by Gasteiger charge is 2.35. The Morgan fingerprint density at radius 2 is 0.911 bits per heavy atom. The van der Waals surface area contributed by atoms with Crippen molar-refractivity contribution < 1.29 is 25.9 Å². The molecule has 10 nitrogen and oxygen atoms in total. The molecule has 0 atom stereocenters. The van der Waals surface area contributed by atoms with Crippen molar-refractivity contribution in [2.75, 3.05) is 0 Å². The molecule has 0 spiro atoms. The summed E-state index contributed by atoms with van der Waals surface area (Å²) in [4.78, 5) is 14.6. The van der Waals surface area contributed by atoms with Crippen LogP contribution in [0.15, 0.2) is 155 Å². The van der Waals surface area contributed by atoms with Crippen LogP contribution in [0.25, 0.3) is 67.6 Å². The number of hydrogen-bond donors (Lipinski definition) is 4. The van der Waals surface area contributed by atoms with E-state index in [1.54, 1.807) is 42.5 Å². The minimum atomic E-state index is -5.37. The lowest BCUT2D eigenvalue weighted by Gasteiger charge is -2.14. The highest BCUT2D eigenvalue weighted by Crippen LogP contribution is 2.48. The lowest BCUT2D eigenvalue weighted by Crippen LogP contribution is -2.07. The van der Waals surface area contributed by atoms with Gasteiger partial charge in [-0.25, -0.2) is 9.97 Å². The maximum absolute atomic E-state index is 13.6. The number of nitrogens with one attached hydrogen (secondary N) is 2. The van der Waals surface area contributed by atoms with Gasteiger partial charge in [-0.05, 0) is 58.7 Å². The second-order valence-corrected chi connectivity index (χ2v) is 15.9. The van der Waals surface area contributed by atoms with Crippen molar-refractivity contribution >= 4 is 65.6 Å². The van der Waals surface area contributed by atoms with E-state index in [-0.39, 0.29) is 28.0 Å². The third kappa shape index (κ3) is 6.26. The molecule has 2 aliphatic rings. The van der Waals surface area contributed by atoms with Crippen LogP contribution in [0.4, 0.5) is 0 Å². The van der Waals surface area contributed by atoms with Crippen LogP contribution >= 0.6 is 0 Å². The molecule has 12 heteroatoms. The molecule has 2 aliphatic heterocycles. The largest absolute Gasteiger partial charge is 0.355 e. The van der Waals surface area contributed by atoms with Crippen molar-refractivity contribution in [2.45, 2.75) is 9.79 Å². The minimum Gasteiger partial charge on any atom is -0.355 e. The number of aromatic amines is 2. The Hall–Kier alpha value is -6.70. The third-order valence-electron chi connectivity index (χ3n) is 9.63. The van der Waals surface area contributed by atoms with E-state index < -0.39 is 30.0 Å². The summed E-state index contributed by atoms with van der Waals surface area (Å²) in [7, 11) is -10.7. The van der Waals surface area contributed by atoms with Gasteiger partial charge in [0.2, 0.25) is 0 Å². The molecule has 0 radical (unpaired) electrons. The van der Waals surface area contributed by atoms with E-state index in [4.69, 9.17) is 4.98 Å². The summed E-state index contributed by atoms with van der Waals surface area (Å²) in [6.07, 6.45) is 3.35. The second-order valence-electron chi connectivity index (χ2n) is 13.2. The Labute approximate surface area is 321 Å². The second kappa shape index (κ2) is 13.6. The first kappa shape index (κ1) is 35.0. The molecule has 0 unspecified atom stereocenters. The normalized spacial score (nSPS) is 13.0. The van der Waals surface area contributed by atoms with E-state index >= 15 is 0 Å². The molecule has 274 valence electrons. The average Bonchev–Trinajstić information content (AvgIpc) is 4.00. The van der Waals surface area contributed by atoms with Gasteiger partial charge in [-0.15, -0.1) is 0 Å². The number of fused-ring (bicyclic) bond motifs is 8. The maximum Gasteiger partial charge on any atom is 0.298 e. The first-order chi connectivity index (χ1) is 27.0. The van der Waals surface area contributed by atoms with Gasteiger partial charge in [0.25, 0.3) is 20.2 Å². The Morgan fingerprint density at radius 3 is 1.43 bits per heavy atom. The average molecular weight is 775 g/mol. The van der Waals surface area contributed by atoms with Crippen molar-refractivity contribution in [1.29, 1.82) is 0 Å². The van der Waals surface area contributed by atoms with Crippen molar-refractivity contribution in [3.63, 3.8) is 0 Å². The van der Waals surface area contributed by atoms with Crippen LogP contribution in [0.1, 0.15) is 33.9 Å². The molecule has 0 fully saturated rings. The molecular formula is C44H30N4O6S2. The van der Waals surface area contributed by atoms with Gasteiger partial charge in [-0.2, -0.15) is 16.8 Å². The summed E-state index contributed by atoms with van der Waals surface area (Å²) in [5, 5.41) is 0. The SMILES string of the molecule is O=S(=O)(O)c1c(S(=O)(=O)O)c2[nH]c1cc1nc(cc3ccc([nH]3)c(-c3ccccc3)c3nc(c2-c2ccccc2)C(c2ccccc2)=C3c2ccccc2)C=C1. The quantitative estimate of drug-likeness (QED) is 0.121. The monoisotopic (exact) mass is 774 g/mol. The number of nitrogens with zero attached hydrogens (tertiary/aromatic N) is 2. The van der Waals surface area contributed by atoms with E-state index in [0.717, 1.165) is 33.3 Å². The van der Waals surface area contributed by atoms with E-state index in [1.807, 2.05) is 109 Å². The summed E-state index contributed by atoms with van der Waals surface area (Å²) in [5.41, 5.74) is 7.50. The highest BCUT2D eigenvalue weighted by atomic mass is 32.2. The highest BCUT2D eigenvalue weighted by molar-refractivity contribution is 7.89. The molecule has 4 N–H and O–H groups in total. The molecular weight excluding hydrogens is 745 g/mol. The molecule has 7 aromatic rings. The number of aromatic nitrogens is 4. The van der Waals surface area contributed by atoms with Gasteiger partial charge < -0.3 is 9.97 Å². The van der Waals surface area contributed by atoms with Gasteiger partial charge in [0.15, 0.2) is 0 Å². The molecule has 0 amide bonds. The van der Waals surface area contributed by atoms with Crippen LogP contribution in [-0.4, -0.2) is 45.9 Å². The number of H-pyrrole nitrogens is 2. The van der Waals surface area contributed by atoms with Crippen LogP contribution in [0.2, 0.25) is 0 Å². The van der Waals surface area contributed by atoms with Crippen molar-refractivity contribution in [3.8, 4) is 22.3 Å². The molecule has 5 heterocycles. The summed E-state index contributed by atoms with van der Waals surface area (Å²) >= 11 is 0. The molecule has 0 saturated carbocycles. The molecule has 8 bridgehead atoms. The maximum atomic E-state index is 13.6. The van der Waals surface area contributed by atoms with Crippen LogP contribution in [-0.2, 0) is 20.2 Å². The van der Waals surface area contributed by atoms with Gasteiger partial charge >= 0.3 is 0 Å². The van der Waals surface area contributed by atoms with Gasteiger partial charge in [0.1, 0.15) is 9.79 Å². The lowest BCUT2D eigenvalue weighted by molar-refractivity contribution is 0.469. The summed E-state index contributed by atoms with van der Waals surface area (Å²) in [6, 6.07) is 44.8. The zero-order chi connectivity index (χ0) is 38.6. The predicted octanol–water partition coefficient (Wildman–Crippen LogP) is 9.32. The Morgan fingerprint density at radius 1 is 0.446 bits per heavy atom. The topological polar surface area (TPSA) is 166 Å². The smallest absolute Gasteiger partial charge is 0.298 e. The van der Waals surface area contributed by atoms with Crippen LogP contribution < -0.4 is 0 Å². The Balaban J connectivity index is 1.65. The van der Waals surface area contributed by atoms with Crippen LogP contribution in [0.5, 0.6) is 0 Å². The van der Waals surface area contributed by atoms with Crippen molar-refractivity contribution in [1.82, 2.24) is 19.9 Å². The predicted molar refractivity (Wildman–Crippen MR) is 218 cm³/mol. The molecule has 56 heavy (non-hydrogen) atoms. The van der Waals surface area contributed by atoms with Crippen molar-refractivity contribution in [3.05, 3.63) is 179 Å². The van der Waals surface area contributed by atoms with Crippen LogP contribution in [0.3, 0.4) is 0 Å². The van der Waals surface area contributed by atoms with Gasteiger partial charge in [-0.3, -0.25) is 9.11 Å². The Bertz CT molecular complexity index is 3160. The van der Waals surface area contributed by atoms with E-state index in [9.17, 15) is 25.9 Å². The summed E-state index contributed by atoms with van der Waals surface area (Å²) in [5.74, 6) is 0. The van der Waals surface area contributed by atoms with Crippen molar-refractivity contribution in [2.24, 2.45) is 0 Å². The van der Waals surface area contributed by atoms with E-state index in [0.29, 0.717) is 28.1 Å². The Kier molecular flexibility index (Phi) is 8.48. The van der Waals surface area contributed by atoms with Gasteiger partial charge in [0, 0.05) is 33.3 Å². The molecule has 4 aromatic carbocycles. The fourth-order valence-corrected chi connectivity index (χ4v) is 9.50. The summed E-state index contributed by atoms with van der Waals surface area (Å²) < 4.78 is 75.3. The number of rotatable bonds is 6. The lowest BCUT2D eigenvalue weighted by atomic mass is 9.88.